The highest BCUT2D eigenvalue weighted by molar-refractivity contribution is 6.42. The van der Waals surface area contributed by atoms with Gasteiger partial charge in [-0.3, -0.25) is 19.2 Å². The lowest BCUT2D eigenvalue weighted by atomic mass is 10.0. The summed E-state index contributed by atoms with van der Waals surface area (Å²) in [6.45, 7) is 7.08. The third-order valence-corrected chi connectivity index (χ3v) is 8.60. The first-order valence-corrected chi connectivity index (χ1v) is 16.8. The van der Waals surface area contributed by atoms with Gasteiger partial charge in [-0.2, -0.15) is 0 Å². The fourth-order valence-corrected chi connectivity index (χ4v) is 5.64. The van der Waals surface area contributed by atoms with E-state index in [2.05, 4.69) is 23.8 Å². The molecule has 4 aromatic carbocycles. The zero-order valence-corrected chi connectivity index (χ0v) is 30.3. The number of benzene rings is 4. The van der Waals surface area contributed by atoms with E-state index in [1.54, 1.807) is 48.5 Å². The van der Waals surface area contributed by atoms with Crippen LogP contribution in [0.5, 0.6) is 11.5 Å². The summed E-state index contributed by atoms with van der Waals surface area (Å²) in [5, 5.41) is 4.98. The maximum Gasteiger partial charge on any atom is 0.252 e. The second-order valence-corrected chi connectivity index (χ2v) is 12.2. The molecule has 0 aliphatic heterocycles. The molecule has 0 aromatic heterocycles. The highest BCUT2D eigenvalue weighted by Crippen LogP contribution is 2.27. The number of anilines is 2. The molecule has 0 aliphatic rings. The number of ether oxygens (including phenoxy) is 2. The van der Waals surface area contributed by atoms with Gasteiger partial charge < -0.3 is 29.9 Å². The first-order chi connectivity index (χ1) is 25.4. The Balaban J connectivity index is 1.64. The molecule has 0 saturated carbocycles. The van der Waals surface area contributed by atoms with Crippen molar-refractivity contribution in [3.05, 3.63) is 143 Å². The molecule has 53 heavy (non-hydrogen) atoms. The van der Waals surface area contributed by atoms with Crippen molar-refractivity contribution < 1.29 is 37.4 Å². The van der Waals surface area contributed by atoms with Crippen molar-refractivity contribution in [1.82, 2.24) is 10.6 Å². The molecule has 4 rings (SSSR count). The van der Waals surface area contributed by atoms with E-state index in [1.165, 1.54) is 36.2 Å². The van der Waals surface area contributed by atoms with Crippen molar-refractivity contribution in [2.45, 2.75) is 12.5 Å². The third-order valence-electron chi connectivity index (χ3n) is 7.87. The second-order valence-electron chi connectivity index (χ2n) is 11.4. The van der Waals surface area contributed by atoms with Crippen molar-refractivity contribution in [3.63, 3.8) is 0 Å². The van der Waals surface area contributed by atoms with E-state index in [1.807, 2.05) is 0 Å². The van der Waals surface area contributed by atoms with Gasteiger partial charge in [-0.1, -0.05) is 35.4 Å². The molecule has 14 heteroatoms. The van der Waals surface area contributed by atoms with Gasteiger partial charge in [0.25, 0.3) is 11.8 Å². The van der Waals surface area contributed by atoms with Gasteiger partial charge in [-0.15, -0.1) is 13.2 Å². The molecule has 0 fully saturated rings. The van der Waals surface area contributed by atoms with Crippen LogP contribution in [0, 0.1) is 11.6 Å². The number of hydrogen-bond donors (Lipinski definition) is 2. The fourth-order valence-electron chi connectivity index (χ4n) is 5.31. The lowest BCUT2D eigenvalue weighted by Gasteiger charge is -2.28. The minimum atomic E-state index is -1.42. The van der Waals surface area contributed by atoms with Crippen molar-refractivity contribution in [1.29, 1.82) is 0 Å². The molecular weight excluding hydrogens is 729 g/mol. The predicted molar refractivity (Wildman–Crippen MR) is 201 cm³/mol. The Kier molecular flexibility index (Phi) is 14.1. The molecule has 4 aromatic rings. The molecule has 1 atom stereocenters. The second kappa shape index (κ2) is 18.7. The number of carbonyl (C=O) groups excluding carboxylic acids is 4. The largest absolute Gasteiger partial charge is 0.497 e. The SMILES string of the molecule is C=CCN(C(=O)CNC(=O)c1cc(Cl)c(Cl)cc1C(=O)N[C@@H](Cc1cc(F)cc(F)c1)C(=O)N(CC=C)c1ccc(OC)cc1)c1ccc(OC)cc1. The Labute approximate surface area is 315 Å². The van der Waals surface area contributed by atoms with Crippen LogP contribution in [0.1, 0.15) is 26.3 Å². The average Bonchev–Trinajstić information content (AvgIpc) is 3.15. The predicted octanol–water partition coefficient (Wildman–Crippen LogP) is 6.80. The number of amides is 4. The average molecular weight is 766 g/mol. The van der Waals surface area contributed by atoms with Gasteiger partial charge in [0.1, 0.15) is 29.2 Å². The molecule has 0 radical (unpaired) electrons. The molecular formula is C39H36Cl2F2N4O6. The molecule has 0 saturated heterocycles. The highest BCUT2D eigenvalue weighted by Gasteiger charge is 2.30. The quantitative estimate of drug-likeness (QED) is 0.121. The van der Waals surface area contributed by atoms with E-state index in [0.29, 0.717) is 28.9 Å². The van der Waals surface area contributed by atoms with Gasteiger partial charge in [0.2, 0.25) is 11.8 Å². The Hall–Kier alpha value is -5.72. The fraction of sp³-hybridized carbons (Fsp3) is 0.179. The molecule has 0 spiro atoms. The number of hydrogen-bond acceptors (Lipinski definition) is 6. The zero-order chi connectivity index (χ0) is 38.7. The normalized spacial score (nSPS) is 11.1. The summed E-state index contributed by atoms with van der Waals surface area (Å²) in [5.74, 6) is -3.60. The van der Waals surface area contributed by atoms with Crippen LogP contribution in [-0.4, -0.2) is 63.5 Å². The molecule has 0 unspecified atom stereocenters. The maximum atomic E-state index is 14.2. The molecule has 10 nitrogen and oxygen atoms in total. The van der Waals surface area contributed by atoms with Crippen LogP contribution in [0.15, 0.2) is 104 Å². The third kappa shape index (κ3) is 10.4. The topological polar surface area (TPSA) is 117 Å². The first-order valence-electron chi connectivity index (χ1n) is 16.0. The Morgan fingerprint density at radius 3 is 1.70 bits per heavy atom. The van der Waals surface area contributed by atoms with Crippen molar-refractivity contribution >= 4 is 58.2 Å². The number of methoxy groups -OCH3 is 2. The van der Waals surface area contributed by atoms with E-state index >= 15 is 0 Å². The Morgan fingerprint density at radius 2 is 1.21 bits per heavy atom. The first kappa shape index (κ1) is 40.1. The summed E-state index contributed by atoms with van der Waals surface area (Å²) in [4.78, 5) is 57.7. The van der Waals surface area contributed by atoms with Gasteiger partial charge in [0.05, 0.1) is 41.9 Å². The number of halogens is 4. The number of carbonyl (C=O) groups is 4. The van der Waals surface area contributed by atoms with Gasteiger partial charge in [-0.05, 0) is 78.4 Å². The van der Waals surface area contributed by atoms with Gasteiger partial charge in [0, 0.05) is 37.0 Å². The van der Waals surface area contributed by atoms with Crippen LogP contribution >= 0.6 is 23.2 Å². The number of rotatable bonds is 16. The highest BCUT2D eigenvalue weighted by atomic mass is 35.5. The molecule has 0 bridgehead atoms. The molecule has 276 valence electrons. The lowest BCUT2D eigenvalue weighted by molar-refractivity contribution is -0.120. The molecule has 2 N–H and O–H groups in total. The summed E-state index contributed by atoms with van der Waals surface area (Å²) >= 11 is 12.5. The molecule has 0 heterocycles. The van der Waals surface area contributed by atoms with E-state index in [-0.39, 0.29) is 46.2 Å². The van der Waals surface area contributed by atoms with E-state index in [9.17, 15) is 28.0 Å². The van der Waals surface area contributed by atoms with Crippen molar-refractivity contribution in [3.8, 4) is 11.5 Å². The monoisotopic (exact) mass is 764 g/mol. The number of nitrogens with zero attached hydrogens (tertiary/aromatic N) is 2. The molecule has 4 amide bonds. The van der Waals surface area contributed by atoms with Gasteiger partial charge in [-0.25, -0.2) is 8.78 Å². The van der Waals surface area contributed by atoms with Crippen LogP contribution in [0.2, 0.25) is 10.0 Å². The minimum Gasteiger partial charge on any atom is -0.497 e. The van der Waals surface area contributed by atoms with Crippen molar-refractivity contribution in [2.75, 3.05) is 43.7 Å². The smallest absolute Gasteiger partial charge is 0.252 e. The molecule has 0 aliphatic carbocycles. The summed E-state index contributed by atoms with van der Waals surface area (Å²) in [6, 6.07) is 16.8. The van der Waals surface area contributed by atoms with Crippen LogP contribution < -0.4 is 29.9 Å². The summed E-state index contributed by atoms with van der Waals surface area (Å²) in [7, 11) is 3.00. The van der Waals surface area contributed by atoms with E-state index in [0.717, 1.165) is 24.3 Å². The Bertz CT molecular complexity index is 1970. The zero-order valence-electron chi connectivity index (χ0n) is 28.8. The summed E-state index contributed by atoms with van der Waals surface area (Å²) in [5.41, 5.74) is 0.463. The lowest BCUT2D eigenvalue weighted by Crippen LogP contribution is -2.50. The minimum absolute atomic E-state index is 0.00288. The van der Waals surface area contributed by atoms with E-state index < -0.39 is 47.8 Å². The standard InChI is InChI=1S/C39H36Cl2F2N4O6/c1-5-15-46(27-7-11-29(52-3)12-8-27)36(48)23-44-37(49)31-21-33(40)34(41)22-32(31)38(50)45-35(19-24-17-25(42)20-26(43)18-24)39(51)47(16-6-2)28-9-13-30(53-4)14-10-28/h5-14,17-18,20-22,35H,1-2,15-16,19,23H2,3-4H3,(H,44,49)(H,45,50)/t35-/m0/s1. The van der Waals surface area contributed by atoms with Gasteiger partial charge in [0.15, 0.2) is 0 Å². The van der Waals surface area contributed by atoms with Crippen LogP contribution in [-0.2, 0) is 16.0 Å². The van der Waals surface area contributed by atoms with Crippen LogP contribution in [0.3, 0.4) is 0 Å². The summed E-state index contributed by atoms with van der Waals surface area (Å²) < 4.78 is 38.9. The van der Waals surface area contributed by atoms with Crippen LogP contribution in [0.4, 0.5) is 20.2 Å². The van der Waals surface area contributed by atoms with Crippen molar-refractivity contribution in [2.24, 2.45) is 0 Å². The summed E-state index contributed by atoms with van der Waals surface area (Å²) in [6.07, 6.45) is 2.65. The van der Waals surface area contributed by atoms with E-state index in [4.69, 9.17) is 32.7 Å². The Morgan fingerprint density at radius 1 is 0.736 bits per heavy atom. The maximum absolute atomic E-state index is 14.2. The number of nitrogens with one attached hydrogen (secondary N) is 2. The van der Waals surface area contributed by atoms with Crippen LogP contribution in [0.25, 0.3) is 0 Å². The van der Waals surface area contributed by atoms with Gasteiger partial charge >= 0.3 is 0 Å².